The topological polar surface area (TPSA) is 276 Å². The number of fused-ring (bicyclic) bond motifs is 6. The Morgan fingerprint density at radius 2 is 0.384 bits per heavy atom. The highest BCUT2D eigenvalue weighted by Crippen LogP contribution is 2.28. The summed E-state index contributed by atoms with van der Waals surface area (Å²) in [4.78, 5) is 23.5. The predicted octanol–water partition coefficient (Wildman–Crippen LogP) is 8.52. The van der Waals surface area contributed by atoms with E-state index in [2.05, 4.69) is 4.90 Å². The summed E-state index contributed by atoms with van der Waals surface area (Å²) in [7, 11) is -25.1. The van der Waals surface area contributed by atoms with Crippen LogP contribution in [-0.2, 0) is 99.4 Å². The fourth-order valence-electron chi connectivity index (χ4n) is 13.8. The zero-order valence-corrected chi connectivity index (χ0v) is 69.1. The molecule has 9 aromatic rings. The number of benzene rings is 6. The molecule has 3 aromatic heterocycles. The van der Waals surface area contributed by atoms with Crippen LogP contribution < -0.4 is 0 Å². The minimum atomic E-state index is -4.18. The van der Waals surface area contributed by atoms with Crippen LogP contribution in [0, 0.1) is 41.5 Å². The highest BCUT2D eigenvalue weighted by Gasteiger charge is 2.35. The fourth-order valence-corrected chi connectivity index (χ4v) is 22.2. The summed E-state index contributed by atoms with van der Waals surface area (Å²) in [5.74, 6) is 0. The van der Waals surface area contributed by atoms with Gasteiger partial charge in [-0.3, -0.25) is 34.6 Å². The molecular formula is C81H99N13O12S6. The van der Waals surface area contributed by atoms with Gasteiger partial charge in [-0.05, 0) is 151 Å². The number of pyridine rings is 3. The number of hydrogen-bond acceptors (Lipinski definition) is 19. The van der Waals surface area contributed by atoms with E-state index in [9.17, 15) is 0 Å². The molecule has 31 heteroatoms. The molecule has 0 aliphatic carbocycles. The summed E-state index contributed by atoms with van der Waals surface area (Å²) in [6.45, 7) is 12.4. The lowest BCUT2D eigenvalue weighted by Gasteiger charge is -2.35. The van der Waals surface area contributed by atoms with Gasteiger partial charge in [0, 0.05) is 118 Å². The van der Waals surface area contributed by atoms with E-state index in [1.807, 2.05) is 56.2 Å². The molecule has 112 heavy (non-hydrogen) atoms. The molecule has 0 amide bonds. The molecule has 0 N–H and O–H groups in total. The number of aryl methyl sites for hydroxylation is 6. The second-order valence-electron chi connectivity index (χ2n) is 29.1. The van der Waals surface area contributed by atoms with Gasteiger partial charge in [-0.25, -0.2) is 50.5 Å². The van der Waals surface area contributed by atoms with Crippen molar-refractivity contribution in [3.63, 3.8) is 0 Å². The average molecular weight is 1640 g/mol. The maximum absolute atomic E-state index is 15.0. The summed E-state index contributed by atoms with van der Waals surface area (Å²) in [5, 5.41) is 0. The van der Waals surface area contributed by atoms with Crippen LogP contribution >= 0.6 is 0 Å². The Morgan fingerprint density at radius 1 is 0.232 bits per heavy atom. The molecule has 12 rings (SSSR count). The zero-order valence-electron chi connectivity index (χ0n) is 64.2. The first kappa shape index (κ1) is 83.5. The van der Waals surface area contributed by atoms with Crippen LogP contribution in [0.4, 0.5) is 0 Å². The molecule has 3 aliphatic heterocycles. The van der Waals surface area contributed by atoms with Crippen molar-refractivity contribution in [3.8, 4) is 0 Å². The summed E-state index contributed by atoms with van der Waals surface area (Å²) in [6, 6.07) is 55.5. The first-order chi connectivity index (χ1) is 53.4. The standard InChI is InChI=1S/C81H99N13O12S6/c1-64-16-28-76(29-17-64)107(95,96)89-52-46-86(47-53-90(59-71-11-7-10-70(58-89)82-71)108(97,98)77-30-18-65(2)19-31-77)43-40-85(41-44-87-48-54-91(109(99,100)78-32-20-66(3)21-33-78)60-72-12-8-13-73(83-72)61-92(55-49-87)110(101,102)79-34-22-67(4)23-35-79)42-45-88-50-56-93(111(103,104)80-36-24-68(5)25-37-80)62-74-14-9-15-75(84-74)63-94(57-51-88)112(105,106)81-38-26-69(6)27-39-81/h7-39H,40-63H2,1-6H3. The van der Waals surface area contributed by atoms with Crippen LogP contribution in [0.15, 0.2) is 230 Å². The SMILES string of the molecule is Cc1ccc(S(=O)(=O)N2CCN(CCN(CCN3CCN(S(=O)(=O)c4ccc(C)cc4)Cc4cccc(n4)CN(S(=O)(=O)c4ccc(C)cc4)CC3)CCN3CCN(S(=O)(=O)c4ccc(C)cc4)Cc4cccc(n4)CN(S(=O)(=O)c4ccc(C)cc4)CC3)CCN(S(=O)(=O)c3ccc(C)cc3)Cc3cccc(n3)C2)cc1. The average Bonchev–Trinajstić information content (AvgIpc) is 0.815. The number of aromatic nitrogens is 3. The molecule has 0 spiro atoms. The fraction of sp³-hybridized carbons (Fsp3) is 0.370. The lowest BCUT2D eigenvalue weighted by atomic mass is 10.2. The molecule has 0 atom stereocenters. The zero-order chi connectivity index (χ0) is 79.6. The van der Waals surface area contributed by atoms with Crippen molar-refractivity contribution in [2.75, 3.05) is 118 Å². The molecule has 0 saturated heterocycles. The predicted molar refractivity (Wildman–Crippen MR) is 431 cm³/mol. The smallest absolute Gasteiger partial charge is 0.243 e. The first-order valence-corrected chi connectivity index (χ1v) is 46.2. The van der Waals surface area contributed by atoms with Crippen molar-refractivity contribution in [1.29, 1.82) is 0 Å². The van der Waals surface area contributed by atoms with Gasteiger partial charge >= 0.3 is 0 Å². The normalized spacial score (nSPS) is 17.5. The molecule has 0 saturated carbocycles. The Labute approximate surface area is 662 Å². The van der Waals surface area contributed by atoms with Gasteiger partial charge in [0.2, 0.25) is 60.1 Å². The van der Waals surface area contributed by atoms with Gasteiger partial charge in [0.1, 0.15) is 0 Å². The van der Waals surface area contributed by atoms with Crippen LogP contribution in [0.3, 0.4) is 0 Å². The van der Waals surface area contributed by atoms with E-state index in [1.165, 1.54) is 25.8 Å². The van der Waals surface area contributed by atoms with Crippen LogP contribution in [-0.4, -0.2) is 229 Å². The van der Waals surface area contributed by atoms with Gasteiger partial charge in [0.05, 0.1) is 103 Å². The molecule has 25 nitrogen and oxygen atoms in total. The Balaban J connectivity index is 0.925. The van der Waals surface area contributed by atoms with Crippen molar-refractivity contribution in [3.05, 3.63) is 268 Å². The minimum Gasteiger partial charge on any atom is -0.300 e. The van der Waals surface area contributed by atoms with Crippen LogP contribution in [0.2, 0.25) is 0 Å². The molecule has 6 heterocycles. The van der Waals surface area contributed by atoms with Gasteiger partial charge in [-0.2, -0.15) is 25.8 Å². The summed E-state index contributed by atoms with van der Waals surface area (Å²) < 4.78 is 189. The number of nitrogens with zero attached hydrogens (tertiary/aromatic N) is 13. The van der Waals surface area contributed by atoms with Crippen LogP contribution in [0.5, 0.6) is 0 Å². The molecule has 0 radical (unpaired) electrons. The van der Waals surface area contributed by atoms with Crippen molar-refractivity contribution in [1.82, 2.24) is 60.4 Å². The Bertz CT molecular complexity index is 4600. The van der Waals surface area contributed by atoms with Gasteiger partial charge in [-0.1, -0.05) is 124 Å². The Hall–Kier alpha value is -7.93. The molecular weight excluding hydrogens is 1540 g/mol. The summed E-state index contributed by atoms with van der Waals surface area (Å²) >= 11 is 0. The van der Waals surface area contributed by atoms with Crippen LogP contribution in [0.25, 0.3) is 0 Å². The lowest BCUT2D eigenvalue weighted by Crippen LogP contribution is -2.49. The molecule has 6 aromatic carbocycles. The van der Waals surface area contributed by atoms with Crippen molar-refractivity contribution < 1.29 is 50.5 Å². The van der Waals surface area contributed by atoms with E-state index in [0.717, 1.165) is 33.4 Å². The maximum Gasteiger partial charge on any atom is 0.243 e. The largest absolute Gasteiger partial charge is 0.300 e. The summed E-state index contributed by atoms with van der Waals surface area (Å²) in [5.41, 5.74) is 7.72. The van der Waals surface area contributed by atoms with E-state index < -0.39 is 60.1 Å². The van der Waals surface area contributed by atoms with Crippen molar-refractivity contribution in [2.45, 2.75) is 110 Å². The minimum absolute atomic E-state index is 0.0411. The van der Waals surface area contributed by atoms with Crippen molar-refractivity contribution >= 4 is 60.1 Å². The number of rotatable bonds is 21. The third kappa shape index (κ3) is 21.0. The summed E-state index contributed by atoms with van der Waals surface area (Å²) in [6.07, 6.45) is 0. The highest BCUT2D eigenvalue weighted by molar-refractivity contribution is 7.90. The van der Waals surface area contributed by atoms with Gasteiger partial charge in [0.25, 0.3) is 0 Å². The second-order valence-corrected chi connectivity index (χ2v) is 40.8. The quantitative estimate of drug-likeness (QED) is 0.0651. The van der Waals surface area contributed by atoms with E-state index in [0.29, 0.717) is 34.2 Å². The van der Waals surface area contributed by atoms with E-state index in [4.69, 9.17) is 15.0 Å². The molecule has 0 unspecified atom stereocenters. The maximum atomic E-state index is 15.0. The highest BCUT2D eigenvalue weighted by atomic mass is 32.2. The number of hydrogen-bond donors (Lipinski definition) is 0. The molecule has 6 bridgehead atoms. The number of sulfonamides is 6. The third-order valence-corrected chi connectivity index (χ3v) is 31.9. The van der Waals surface area contributed by atoms with Gasteiger partial charge in [-0.15, -0.1) is 0 Å². The lowest BCUT2D eigenvalue weighted by molar-refractivity contribution is 0.140. The Kier molecular flexibility index (Phi) is 27.0. The monoisotopic (exact) mass is 1640 g/mol. The third-order valence-electron chi connectivity index (χ3n) is 20.8. The second kappa shape index (κ2) is 36.3. The van der Waals surface area contributed by atoms with E-state index in [1.54, 1.807) is 200 Å². The van der Waals surface area contributed by atoms with Crippen molar-refractivity contribution in [2.24, 2.45) is 0 Å². The first-order valence-electron chi connectivity index (χ1n) is 37.5. The van der Waals surface area contributed by atoms with Gasteiger partial charge in [0.15, 0.2) is 0 Å². The van der Waals surface area contributed by atoms with E-state index in [-0.39, 0.29) is 186 Å². The van der Waals surface area contributed by atoms with Gasteiger partial charge < -0.3 is 0 Å². The molecule has 596 valence electrons. The molecule has 0 fully saturated rings. The molecule has 3 aliphatic rings. The van der Waals surface area contributed by atoms with Crippen LogP contribution in [0.1, 0.15) is 67.5 Å². The Morgan fingerprint density at radius 3 is 0.536 bits per heavy atom. The van der Waals surface area contributed by atoms with E-state index >= 15 is 50.5 Å².